The summed E-state index contributed by atoms with van der Waals surface area (Å²) in [5, 5.41) is 5.53. The van der Waals surface area contributed by atoms with Crippen LogP contribution < -0.4 is 20.1 Å². The largest absolute Gasteiger partial charge is 0.486 e. The third kappa shape index (κ3) is 3.81. The zero-order valence-electron chi connectivity index (χ0n) is 17.7. The van der Waals surface area contributed by atoms with Crippen molar-refractivity contribution in [3.63, 3.8) is 0 Å². The number of benzene rings is 2. The Balaban J connectivity index is 1.51. The summed E-state index contributed by atoms with van der Waals surface area (Å²) in [5.41, 5.74) is 0.907. The quantitative estimate of drug-likeness (QED) is 0.721. The lowest BCUT2D eigenvalue weighted by Crippen LogP contribution is -2.42. The highest BCUT2D eigenvalue weighted by Gasteiger charge is 2.49. The number of urea groups is 1. The molecule has 2 N–H and O–H groups in total. The van der Waals surface area contributed by atoms with Crippen LogP contribution in [-0.4, -0.2) is 42.5 Å². The molecule has 2 aromatic carbocycles. The molecule has 0 unspecified atom stereocenters. The second-order valence-corrected chi connectivity index (χ2v) is 8.10. The van der Waals surface area contributed by atoms with Crippen molar-refractivity contribution in [1.82, 2.24) is 10.2 Å². The zero-order chi connectivity index (χ0) is 22.2. The minimum absolute atomic E-state index is 0.215. The molecule has 0 aliphatic carbocycles. The van der Waals surface area contributed by atoms with E-state index in [-0.39, 0.29) is 12.5 Å². The molecule has 0 bridgehead atoms. The second kappa shape index (κ2) is 7.94. The zero-order valence-corrected chi connectivity index (χ0v) is 17.7. The van der Waals surface area contributed by atoms with Gasteiger partial charge in [0.05, 0.1) is 0 Å². The van der Waals surface area contributed by atoms with Crippen LogP contribution in [0.3, 0.4) is 0 Å². The van der Waals surface area contributed by atoms with E-state index in [1.807, 2.05) is 32.0 Å². The van der Waals surface area contributed by atoms with Crippen LogP contribution in [0.5, 0.6) is 11.5 Å². The van der Waals surface area contributed by atoms with Gasteiger partial charge in [-0.15, -0.1) is 0 Å². The van der Waals surface area contributed by atoms with E-state index in [1.54, 1.807) is 31.2 Å². The van der Waals surface area contributed by atoms with Crippen LogP contribution in [0.15, 0.2) is 42.5 Å². The highest BCUT2D eigenvalue weighted by Crippen LogP contribution is 2.36. The van der Waals surface area contributed by atoms with Crippen molar-refractivity contribution in [3.8, 4) is 11.5 Å². The molecule has 162 valence electrons. The van der Waals surface area contributed by atoms with Crippen LogP contribution in [0.2, 0.25) is 0 Å². The number of hydrogen-bond acceptors (Lipinski definition) is 5. The second-order valence-electron chi connectivity index (χ2n) is 8.10. The predicted molar refractivity (Wildman–Crippen MR) is 114 cm³/mol. The van der Waals surface area contributed by atoms with Crippen molar-refractivity contribution >= 4 is 23.5 Å². The highest BCUT2D eigenvalue weighted by molar-refractivity contribution is 6.10. The highest BCUT2D eigenvalue weighted by atomic mass is 16.6. The summed E-state index contributed by atoms with van der Waals surface area (Å²) < 4.78 is 11.1. The Morgan fingerprint density at radius 2 is 1.84 bits per heavy atom. The third-order valence-corrected chi connectivity index (χ3v) is 5.55. The monoisotopic (exact) mass is 423 g/mol. The van der Waals surface area contributed by atoms with Gasteiger partial charge in [0.1, 0.15) is 25.3 Å². The van der Waals surface area contributed by atoms with E-state index in [4.69, 9.17) is 9.47 Å². The summed E-state index contributed by atoms with van der Waals surface area (Å²) in [4.78, 5) is 39.3. The number of nitrogens with one attached hydrogen (secondary N) is 2. The van der Waals surface area contributed by atoms with Gasteiger partial charge in [-0.25, -0.2) is 4.79 Å². The Hall–Kier alpha value is -3.55. The van der Waals surface area contributed by atoms with Crippen LogP contribution in [0.4, 0.5) is 10.5 Å². The molecule has 1 saturated heterocycles. The molecular formula is C23H25N3O5. The van der Waals surface area contributed by atoms with Crippen molar-refractivity contribution in [3.05, 3.63) is 53.6 Å². The van der Waals surface area contributed by atoms with E-state index in [2.05, 4.69) is 10.6 Å². The smallest absolute Gasteiger partial charge is 0.325 e. The van der Waals surface area contributed by atoms with Crippen molar-refractivity contribution < 1.29 is 23.9 Å². The van der Waals surface area contributed by atoms with Crippen LogP contribution in [0.25, 0.3) is 0 Å². The number of amides is 4. The Morgan fingerprint density at radius 1 is 1.13 bits per heavy atom. The molecule has 2 aliphatic rings. The summed E-state index contributed by atoms with van der Waals surface area (Å²) in [6.07, 6.45) is 0. The molecule has 8 nitrogen and oxygen atoms in total. The third-order valence-electron chi connectivity index (χ3n) is 5.55. The first-order valence-corrected chi connectivity index (χ1v) is 10.2. The molecular weight excluding hydrogens is 398 g/mol. The first kappa shape index (κ1) is 20.7. The number of ether oxygens (including phenoxy) is 2. The number of nitrogens with zero attached hydrogens (tertiary/aromatic N) is 1. The van der Waals surface area contributed by atoms with Gasteiger partial charge in [0.25, 0.3) is 5.91 Å². The van der Waals surface area contributed by atoms with Gasteiger partial charge < -0.3 is 20.1 Å². The number of carbonyl (C=O) groups is 3. The molecule has 0 spiro atoms. The Labute approximate surface area is 180 Å². The maximum absolute atomic E-state index is 13.2. The van der Waals surface area contributed by atoms with E-state index >= 15 is 0 Å². The van der Waals surface area contributed by atoms with Gasteiger partial charge in [0, 0.05) is 5.69 Å². The molecule has 8 heteroatoms. The number of imide groups is 1. The van der Waals surface area contributed by atoms with Crippen molar-refractivity contribution in [2.45, 2.75) is 32.2 Å². The SMILES string of the molecule is CC(C)c1ccccc1NC(=O)CN1C(=O)N[C@](C)(c2ccc3c(c2)OCCO3)C1=O. The van der Waals surface area contributed by atoms with E-state index in [0.29, 0.717) is 36.0 Å². The molecule has 2 aromatic rings. The standard InChI is InChI=1S/C23H25N3O5/c1-14(2)16-6-4-5-7-17(16)24-20(27)13-26-21(28)23(3,25-22(26)29)15-8-9-18-19(12-15)31-11-10-30-18/h4-9,12,14H,10-11,13H2,1-3H3,(H,24,27)(H,25,29)/t23-/m1/s1. The molecule has 2 aliphatic heterocycles. The minimum atomic E-state index is -1.30. The molecule has 1 fully saturated rings. The number of hydrogen-bond donors (Lipinski definition) is 2. The number of rotatable bonds is 5. The minimum Gasteiger partial charge on any atom is -0.486 e. The predicted octanol–water partition coefficient (Wildman–Crippen LogP) is 2.99. The van der Waals surface area contributed by atoms with Gasteiger partial charge in [-0.05, 0) is 42.2 Å². The topological polar surface area (TPSA) is 97.0 Å². The first-order chi connectivity index (χ1) is 14.8. The van der Waals surface area contributed by atoms with Crippen molar-refractivity contribution in [2.75, 3.05) is 25.1 Å². The summed E-state index contributed by atoms with van der Waals surface area (Å²) >= 11 is 0. The van der Waals surface area contributed by atoms with Crippen LogP contribution in [0.1, 0.15) is 37.8 Å². The maximum atomic E-state index is 13.2. The Kier molecular flexibility index (Phi) is 5.31. The van der Waals surface area contributed by atoms with Gasteiger partial charge in [-0.1, -0.05) is 38.1 Å². The fourth-order valence-electron chi connectivity index (χ4n) is 3.84. The van der Waals surface area contributed by atoms with Crippen molar-refractivity contribution in [1.29, 1.82) is 0 Å². The molecule has 0 saturated carbocycles. The van der Waals surface area contributed by atoms with Crippen LogP contribution in [-0.2, 0) is 15.1 Å². The average molecular weight is 423 g/mol. The van der Waals surface area contributed by atoms with Crippen molar-refractivity contribution in [2.24, 2.45) is 0 Å². The number of carbonyl (C=O) groups excluding carboxylic acids is 3. The van der Waals surface area contributed by atoms with E-state index < -0.39 is 23.4 Å². The van der Waals surface area contributed by atoms with Gasteiger partial charge in [-0.3, -0.25) is 14.5 Å². The number of fused-ring (bicyclic) bond motifs is 1. The summed E-state index contributed by atoms with van der Waals surface area (Å²) in [7, 11) is 0. The van der Waals surface area contributed by atoms with Gasteiger partial charge in [0.2, 0.25) is 5.91 Å². The lowest BCUT2D eigenvalue weighted by Gasteiger charge is -2.25. The van der Waals surface area contributed by atoms with Gasteiger partial charge in [0.15, 0.2) is 11.5 Å². The summed E-state index contributed by atoms with van der Waals surface area (Å²) in [6.45, 7) is 6.17. The fourth-order valence-corrected chi connectivity index (χ4v) is 3.84. The maximum Gasteiger partial charge on any atom is 0.325 e. The normalized spacial score (nSPS) is 20.1. The number of anilines is 1. The van der Waals surface area contributed by atoms with E-state index in [9.17, 15) is 14.4 Å². The molecule has 4 amide bonds. The number of para-hydroxylation sites is 1. The average Bonchev–Trinajstić information content (AvgIpc) is 2.97. The molecule has 1 atom stereocenters. The van der Waals surface area contributed by atoms with Crippen LogP contribution >= 0.6 is 0 Å². The lowest BCUT2D eigenvalue weighted by molar-refractivity contribution is -0.133. The molecule has 31 heavy (non-hydrogen) atoms. The van der Waals surface area contributed by atoms with Gasteiger partial charge in [-0.2, -0.15) is 0 Å². The summed E-state index contributed by atoms with van der Waals surface area (Å²) in [5.74, 6) is 0.389. The molecule has 0 radical (unpaired) electrons. The van der Waals surface area contributed by atoms with E-state index in [1.165, 1.54) is 0 Å². The van der Waals surface area contributed by atoms with Crippen LogP contribution in [0, 0.1) is 0 Å². The first-order valence-electron chi connectivity index (χ1n) is 10.2. The van der Waals surface area contributed by atoms with Gasteiger partial charge >= 0.3 is 6.03 Å². The molecule has 2 heterocycles. The fraction of sp³-hybridized carbons (Fsp3) is 0.348. The van der Waals surface area contributed by atoms with E-state index in [0.717, 1.165) is 10.5 Å². The molecule has 4 rings (SSSR count). The lowest BCUT2D eigenvalue weighted by atomic mass is 9.91. The summed E-state index contributed by atoms with van der Waals surface area (Å²) in [6, 6.07) is 12.0. The molecule has 0 aromatic heterocycles. The Morgan fingerprint density at radius 3 is 2.58 bits per heavy atom. The Bertz CT molecular complexity index is 1050.